The Bertz CT molecular complexity index is 641. The quantitative estimate of drug-likeness (QED) is 0.160. The zero-order valence-electron chi connectivity index (χ0n) is 19.1. The second kappa shape index (κ2) is 10.1. The SMILES string of the molecule is CCCC(=CCCCCC(C)C1=C(C)CCCCC2=CC2C=C1)C[N+]1(C)CC1. The zero-order valence-corrected chi connectivity index (χ0v) is 19.1. The van der Waals surface area contributed by atoms with Gasteiger partial charge in [-0.1, -0.05) is 62.1 Å². The van der Waals surface area contributed by atoms with Gasteiger partial charge in [-0.25, -0.2) is 0 Å². The Labute approximate surface area is 174 Å². The van der Waals surface area contributed by atoms with Crippen molar-refractivity contribution in [2.75, 3.05) is 26.7 Å². The Balaban J connectivity index is 1.44. The summed E-state index contributed by atoms with van der Waals surface area (Å²) in [5.74, 6) is 1.40. The molecule has 2 aliphatic carbocycles. The molecule has 0 N–H and O–H groups in total. The van der Waals surface area contributed by atoms with Crippen molar-refractivity contribution in [3.05, 3.63) is 46.6 Å². The monoisotopic (exact) mass is 382 g/mol. The van der Waals surface area contributed by atoms with Gasteiger partial charge in [-0.3, -0.25) is 0 Å². The van der Waals surface area contributed by atoms with Gasteiger partial charge in [0.2, 0.25) is 0 Å². The van der Waals surface area contributed by atoms with Crippen LogP contribution in [0, 0.1) is 11.8 Å². The Morgan fingerprint density at radius 1 is 1.21 bits per heavy atom. The van der Waals surface area contributed by atoms with E-state index in [1.54, 1.807) is 22.3 Å². The van der Waals surface area contributed by atoms with Gasteiger partial charge < -0.3 is 4.48 Å². The van der Waals surface area contributed by atoms with Gasteiger partial charge in [0.05, 0.1) is 7.05 Å². The highest BCUT2D eigenvalue weighted by Gasteiger charge is 2.36. The summed E-state index contributed by atoms with van der Waals surface area (Å²) in [5.41, 5.74) is 6.70. The molecule has 1 aliphatic heterocycles. The maximum atomic E-state index is 2.59. The molecule has 1 fully saturated rings. The van der Waals surface area contributed by atoms with Crippen LogP contribution in [0.5, 0.6) is 0 Å². The molecule has 3 aliphatic rings. The van der Waals surface area contributed by atoms with Crippen LogP contribution in [-0.4, -0.2) is 31.2 Å². The predicted octanol–water partition coefficient (Wildman–Crippen LogP) is 7.37. The molecule has 1 heterocycles. The first kappa shape index (κ1) is 21.6. The molecular weight excluding hydrogens is 338 g/mol. The molecule has 2 unspecified atom stereocenters. The number of likely N-dealkylation sites (N-methyl/N-ethyl adjacent to an activating group) is 1. The van der Waals surface area contributed by atoms with E-state index in [1.807, 2.05) is 0 Å². The van der Waals surface area contributed by atoms with E-state index in [4.69, 9.17) is 0 Å². The van der Waals surface area contributed by atoms with E-state index in [0.717, 1.165) is 0 Å². The fourth-order valence-corrected chi connectivity index (χ4v) is 4.85. The number of unbranched alkanes of at least 4 members (excludes halogenated alkanes) is 2. The molecule has 0 radical (unpaired) electrons. The zero-order chi connectivity index (χ0) is 20.0. The van der Waals surface area contributed by atoms with E-state index in [1.165, 1.54) is 88.3 Å². The van der Waals surface area contributed by atoms with Gasteiger partial charge in [0.25, 0.3) is 0 Å². The number of quaternary nitrogens is 1. The average molecular weight is 383 g/mol. The van der Waals surface area contributed by atoms with E-state index in [2.05, 4.69) is 52.1 Å². The first-order chi connectivity index (χ1) is 13.5. The summed E-state index contributed by atoms with van der Waals surface area (Å²) in [7, 11) is 2.41. The third-order valence-corrected chi connectivity index (χ3v) is 7.15. The highest BCUT2D eigenvalue weighted by atomic mass is 15.4. The summed E-state index contributed by atoms with van der Waals surface area (Å²) in [5, 5.41) is 0. The lowest BCUT2D eigenvalue weighted by Crippen LogP contribution is -2.22. The van der Waals surface area contributed by atoms with Crippen molar-refractivity contribution in [1.82, 2.24) is 0 Å². The molecule has 28 heavy (non-hydrogen) atoms. The number of fused-ring (bicyclic) bond motifs is 1. The van der Waals surface area contributed by atoms with Crippen LogP contribution in [0.2, 0.25) is 0 Å². The highest BCUT2D eigenvalue weighted by molar-refractivity contribution is 5.39. The number of hydrogen-bond donors (Lipinski definition) is 0. The Hall–Kier alpha value is -1.08. The first-order valence-electron chi connectivity index (χ1n) is 12.1. The smallest absolute Gasteiger partial charge is 0.129 e. The first-order valence-corrected chi connectivity index (χ1v) is 12.1. The van der Waals surface area contributed by atoms with Crippen molar-refractivity contribution in [1.29, 1.82) is 0 Å². The predicted molar refractivity (Wildman–Crippen MR) is 123 cm³/mol. The van der Waals surface area contributed by atoms with Crippen molar-refractivity contribution < 1.29 is 4.48 Å². The van der Waals surface area contributed by atoms with Gasteiger partial charge in [-0.15, -0.1) is 0 Å². The minimum Gasteiger partial charge on any atom is -0.313 e. The van der Waals surface area contributed by atoms with Crippen LogP contribution in [-0.2, 0) is 0 Å². The van der Waals surface area contributed by atoms with Crippen molar-refractivity contribution in [3.8, 4) is 0 Å². The molecular formula is C27H44N+. The lowest BCUT2D eigenvalue weighted by atomic mass is 9.88. The third-order valence-electron chi connectivity index (χ3n) is 7.15. The summed E-state index contributed by atoms with van der Waals surface area (Å²) in [6.45, 7) is 11.2. The van der Waals surface area contributed by atoms with Crippen molar-refractivity contribution >= 4 is 0 Å². The maximum absolute atomic E-state index is 2.59. The molecule has 1 heteroatoms. The van der Waals surface area contributed by atoms with E-state index in [9.17, 15) is 0 Å². The number of nitrogens with zero attached hydrogens (tertiary/aromatic N) is 1. The lowest BCUT2D eigenvalue weighted by Gasteiger charge is -2.18. The van der Waals surface area contributed by atoms with Crippen LogP contribution in [0.1, 0.15) is 85.0 Å². The molecule has 0 aromatic rings. The second-order valence-electron chi connectivity index (χ2n) is 10.1. The molecule has 1 saturated heterocycles. The van der Waals surface area contributed by atoms with Crippen LogP contribution in [0.4, 0.5) is 0 Å². The molecule has 156 valence electrons. The fourth-order valence-electron chi connectivity index (χ4n) is 4.85. The number of allylic oxidation sites excluding steroid dienone is 7. The van der Waals surface area contributed by atoms with Crippen LogP contribution >= 0.6 is 0 Å². The molecule has 0 bridgehead atoms. The van der Waals surface area contributed by atoms with Gasteiger partial charge in [0.1, 0.15) is 19.6 Å². The largest absolute Gasteiger partial charge is 0.313 e. The third kappa shape index (κ3) is 6.76. The Morgan fingerprint density at radius 3 is 2.75 bits per heavy atom. The van der Waals surface area contributed by atoms with Gasteiger partial charge in [0, 0.05) is 5.92 Å². The van der Waals surface area contributed by atoms with Crippen LogP contribution in [0.3, 0.4) is 0 Å². The molecule has 0 saturated carbocycles. The highest BCUT2D eigenvalue weighted by Crippen LogP contribution is 2.37. The summed E-state index contributed by atoms with van der Waals surface area (Å²) in [6.07, 6.45) is 23.3. The standard InChI is InChI=1S/C27H44N/c1-5-11-24(21-28(4)18-19-28)14-8-6-7-12-22(2)27-17-16-26-20-25(26)15-10-9-13-23(27)3/h14,16-17,20,22,26H,5-13,15,18-19,21H2,1-4H3/q+1. The van der Waals surface area contributed by atoms with Gasteiger partial charge in [0.15, 0.2) is 0 Å². The Morgan fingerprint density at radius 2 is 2.00 bits per heavy atom. The number of rotatable bonds is 10. The van der Waals surface area contributed by atoms with Crippen LogP contribution in [0.15, 0.2) is 46.6 Å². The van der Waals surface area contributed by atoms with Gasteiger partial charge in [-0.2, -0.15) is 0 Å². The minimum absolute atomic E-state index is 0.696. The fraction of sp³-hybridized carbons (Fsp3) is 0.704. The summed E-state index contributed by atoms with van der Waals surface area (Å²) < 4.78 is 1.29. The summed E-state index contributed by atoms with van der Waals surface area (Å²) >= 11 is 0. The van der Waals surface area contributed by atoms with E-state index >= 15 is 0 Å². The molecule has 2 atom stereocenters. The molecule has 0 spiro atoms. The maximum Gasteiger partial charge on any atom is 0.129 e. The van der Waals surface area contributed by atoms with Crippen molar-refractivity contribution in [2.24, 2.45) is 11.8 Å². The minimum atomic E-state index is 0.696. The summed E-state index contributed by atoms with van der Waals surface area (Å²) in [6, 6.07) is 0. The van der Waals surface area contributed by atoms with E-state index < -0.39 is 0 Å². The lowest BCUT2D eigenvalue weighted by molar-refractivity contribution is -0.771. The second-order valence-corrected chi connectivity index (χ2v) is 10.1. The number of hydrogen-bond acceptors (Lipinski definition) is 0. The van der Waals surface area contributed by atoms with Crippen molar-refractivity contribution in [3.63, 3.8) is 0 Å². The average Bonchev–Trinajstić information content (AvgIpc) is 3.57. The molecule has 0 amide bonds. The van der Waals surface area contributed by atoms with E-state index in [-0.39, 0.29) is 0 Å². The van der Waals surface area contributed by atoms with Gasteiger partial charge in [-0.05, 0) is 75.4 Å². The summed E-state index contributed by atoms with van der Waals surface area (Å²) in [4.78, 5) is 0. The Kier molecular flexibility index (Phi) is 7.80. The topological polar surface area (TPSA) is 0 Å². The molecule has 0 aromatic carbocycles. The molecule has 1 nitrogen and oxygen atoms in total. The normalized spacial score (nSPS) is 25.2. The van der Waals surface area contributed by atoms with Gasteiger partial charge >= 0.3 is 0 Å². The van der Waals surface area contributed by atoms with Crippen LogP contribution < -0.4 is 0 Å². The van der Waals surface area contributed by atoms with Crippen molar-refractivity contribution in [2.45, 2.75) is 85.0 Å². The van der Waals surface area contributed by atoms with Crippen LogP contribution in [0.25, 0.3) is 0 Å². The van der Waals surface area contributed by atoms with E-state index in [0.29, 0.717) is 11.8 Å². The molecule has 3 rings (SSSR count). The molecule has 0 aromatic heterocycles.